The largest absolute Gasteiger partial charge is 0.402 e. The van der Waals surface area contributed by atoms with Gasteiger partial charge in [-0.1, -0.05) is 68.1 Å². The third-order valence-electron chi connectivity index (χ3n) is 11.6. The molecule has 0 spiro atoms. The van der Waals surface area contributed by atoms with Gasteiger partial charge < -0.3 is 26.6 Å². The summed E-state index contributed by atoms with van der Waals surface area (Å²) in [4.78, 5) is 32.7. The Kier molecular flexibility index (Phi) is 13.8. The molecule has 7 rings (SSSR count). The number of amides is 1. The van der Waals surface area contributed by atoms with Crippen LogP contribution in [-0.4, -0.2) is 109 Å². The molecule has 1 amide bonds. The van der Waals surface area contributed by atoms with Gasteiger partial charge in [0.25, 0.3) is 0 Å². The molecular formula is C47H62N10O. The summed E-state index contributed by atoms with van der Waals surface area (Å²) in [5.74, 6) is 1.62. The minimum absolute atomic E-state index is 0.00791. The quantitative estimate of drug-likeness (QED) is 0.105. The van der Waals surface area contributed by atoms with E-state index in [2.05, 4.69) is 111 Å². The van der Waals surface area contributed by atoms with Crippen molar-refractivity contribution in [2.75, 3.05) is 81.6 Å². The molecule has 1 atom stereocenters. The molecule has 3 aromatic carbocycles. The van der Waals surface area contributed by atoms with Crippen LogP contribution in [0.2, 0.25) is 0 Å². The van der Waals surface area contributed by atoms with Gasteiger partial charge in [-0.05, 0) is 94.4 Å². The average Bonchev–Trinajstić information content (AvgIpc) is 3.23. The monoisotopic (exact) mass is 783 g/mol. The van der Waals surface area contributed by atoms with Crippen molar-refractivity contribution in [1.29, 1.82) is 0 Å². The number of nitrogens with one attached hydrogen (secondary N) is 3. The molecule has 5 N–H and O–H groups in total. The van der Waals surface area contributed by atoms with Crippen molar-refractivity contribution < 1.29 is 4.79 Å². The third kappa shape index (κ3) is 10.8. The molecule has 0 bridgehead atoms. The average molecular weight is 783 g/mol. The van der Waals surface area contributed by atoms with Crippen LogP contribution in [0.5, 0.6) is 0 Å². The van der Waals surface area contributed by atoms with Gasteiger partial charge in [0.05, 0.1) is 12.4 Å². The fraction of sp³-hybridized carbons (Fsp3) is 0.426. The Bertz CT molecular complexity index is 2030. The Balaban J connectivity index is 0.952. The summed E-state index contributed by atoms with van der Waals surface area (Å²) in [6, 6.07) is 29.8. The first-order chi connectivity index (χ1) is 28.2. The van der Waals surface area contributed by atoms with Crippen molar-refractivity contribution >= 4 is 28.7 Å². The molecule has 11 heteroatoms. The number of hydrogen-bond acceptors (Lipinski definition) is 10. The second-order valence-corrected chi connectivity index (χ2v) is 16.3. The minimum Gasteiger partial charge on any atom is -0.402 e. The number of piperidine rings is 2. The molecule has 4 aromatic rings. The fourth-order valence-electron chi connectivity index (χ4n) is 8.39. The predicted octanol–water partition coefficient (Wildman–Crippen LogP) is 6.63. The molecule has 3 aliphatic heterocycles. The van der Waals surface area contributed by atoms with Gasteiger partial charge in [0, 0.05) is 91.8 Å². The molecule has 3 saturated heterocycles. The van der Waals surface area contributed by atoms with Crippen LogP contribution in [0.15, 0.2) is 103 Å². The van der Waals surface area contributed by atoms with Gasteiger partial charge in [0.2, 0.25) is 5.91 Å². The van der Waals surface area contributed by atoms with Gasteiger partial charge in [-0.3, -0.25) is 19.5 Å². The van der Waals surface area contributed by atoms with Gasteiger partial charge in [-0.15, -0.1) is 0 Å². The van der Waals surface area contributed by atoms with Crippen LogP contribution in [0, 0.1) is 0 Å². The van der Waals surface area contributed by atoms with E-state index in [-0.39, 0.29) is 11.9 Å². The highest BCUT2D eigenvalue weighted by Crippen LogP contribution is 2.30. The zero-order valence-corrected chi connectivity index (χ0v) is 34.7. The number of carbonyl (C=O) groups is 1. The second-order valence-electron chi connectivity index (χ2n) is 16.3. The third-order valence-corrected chi connectivity index (χ3v) is 11.6. The summed E-state index contributed by atoms with van der Waals surface area (Å²) in [7, 11) is 2.23. The Morgan fingerprint density at radius 3 is 2.34 bits per heavy atom. The van der Waals surface area contributed by atoms with Gasteiger partial charge in [-0.2, -0.15) is 0 Å². The van der Waals surface area contributed by atoms with Gasteiger partial charge >= 0.3 is 0 Å². The lowest BCUT2D eigenvalue weighted by molar-refractivity contribution is -0.122. The lowest BCUT2D eigenvalue weighted by atomic mass is 10.0. The number of carbonyl (C=O) groups excluding carboxylic acids is 1. The van der Waals surface area contributed by atoms with E-state index in [1.54, 1.807) is 0 Å². The molecule has 0 saturated carbocycles. The predicted molar refractivity (Wildman–Crippen MR) is 239 cm³/mol. The summed E-state index contributed by atoms with van der Waals surface area (Å²) in [6.07, 6.45) is 5.85. The maximum absolute atomic E-state index is 12.4. The van der Waals surface area contributed by atoms with E-state index in [0.717, 1.165) is 136 Å². The number of rotatable bonds is 15. The topological polar surface area (TPSA) is 118 Å². The van der Waals surface area contributed by atoms with Crippen molar-refractivity contribution in [2.45, 2.75) is 64.5 Å². The van der Waals surface area contributed by atoms with Crippen LogP contribution < -0.4 is 26.6 Å². The van der Waals surface area contributed by atoms with Crippen molar-refractivity contribution in [3.8, 4) is 11.3 Å². The number of nitrogens with zero attached hydrogens (tertiary/aromatic N) is 6. The van der Waals surface area contributed by atoms with Crippen LogP contribution in [0.3, 0.4) is 0 Å². The Morgan fingerprint density at radius 1 is 0.879 bits per heavy atom. The number of aromatic nitrogens is 2. The van der Waals surface area contributed by atoms with Gasteiger partial charge in [0.15, 0.2) is 5.82 Å². The first-order valence-corrected chi connectivity index (χ1v) is 21.2. The summed E-state index contributed by atoms with van der Waals surface area (Å²) in [6.45, 7) is 17.2. The van der Waals surface area contributed by atoms with Gasteiger partial charge in [0.1, 0.15) is 11.9 Å². The number of likely N-dealkylation sites (tertiary alicyclic amines) is 1. The Labute approximate surface area is 345 Å². The number of likely N-dealkylation sites (N-methyl/N-ethyl adjacent to an activating group) is 1. The molecule has 0 aliphatic carbocycles. The molecular weight excluding hydrogens is 721 g/mol. The van der Waals surface area contributed by atoms with E-state index in [0.29, 0.717) is 17.6 Å². The number of piperazine rings is 1. The van der Waals surface area contributed by atoms with Crippen molar-refractivity contribution in [3.05, 3.63) is 120 Å². The Morgan fingerprint density at radius 2 is 1.62 bits per heavy atom. The molecule has 11 nitrogen and oxygen atoms in total. The summed E-state index contributed by atoms with van der Waals surface area (Å²) in [5.41, 5.74) is 15.3. The smallest absolute Gasteiger partial charge is 0.246 e. The zero-order chi connectivity index (χ0) is 40.4. The van der Waals surface area contributed by atoms with Crippen LogP contribution in [0.1, 0.15) is 62.9 Å². The Hall–Kier alpha value is -5.23. The number of anilines is 3. The van der Waals surface area contributed by atoms with Crippen LogP contribution in [-0.2, 0) is 11.2 Å². The molecule has 58 heavy (non-hydrogen) atoms. The number of hydrogen-bond donors (Lipinski definition) is 4. The highest BCUT2D eigenvalue weighted by Gasteiger charge is 2.25. The van der Waals surface area contributed by atoms with E-state index in [1.165, 1.54) is 12.0 Å². The van der Waals surface area contributed by atoms with E-state index in [9.17, 15) is 4.79 Å². The van der Waals surface area contributed by atoms with Crippen molar-refractivity contribution in [3.63, 3.8) is 0 Å². The van der Waals surface area contributed by atoms with E-state index < -0.39 is 0 Å². The fourth-order valence-corrected chi connectivity index (χ4v) is 8.39. The maximum atomic E-state index is 12.4. The molecule has 306 valence electrons. The summed E-state index contributed by atoms with van der Waals surface area (Å²) < 4.78 is 0. The maximum Gasteiger partial charge on any atom is 0.246 e. The number of nitrogens with two attached hydrogens (primary N) is 1. The van der Waals surface area contributed by atoms with Crippen LogP contribution in [0.4, 0.5) is 17.2 Å². The van der Waals surface area contributed by atoms with E-state index in [1.807, 2.05) is 37.3 Å². The second kappa shape index (κ2) is 19.5. The highest BCUT2D eigenvalue weighted by atomic mass is 16.2. The SMILES string of the molecule is C=C1CCC(Nc2cccc(NC3CCN(CN(C)CCc4cccc(-c5cc(N6CCN(CCC)CC6)nc(/C(=C(/C)N)c6ccccc6)n5)c4)CC3)c2)C(=O)N1. The van der Waals surface area contributed by atoms with Crippen LogP contribution in [0.25, 0.3) is 16.8 Å². The van der Waals surface area contributed by atoms with Crippen LogP contribution >= 0.6 is 0 Å². The van der Waals surface area contributed by atoms with Gasteiger partial charge in [-0.25, -0.2) is 9.97 Å². The van der Waals surface area contributed by atoms with Crippen molar-refractivity contribution in [1.82, 2.24) is 30.0 Å². The molecule has 1 unspecified atom stereocenters. The molecule has 4 heterocycles. The number of benzene rings is 3. The summed E-state index contributed by atoms with van der Waals surface area (Å²) >= 11 is 0. The minimum atomic E-state index is -0.233. The highest BCUT2D eigenvalue weighted by molar-refractivity contribution is 5.87. The standard InChI is InChI=1S/C47H62N10O/c1-5-22-55-26-28-57(29-27-55)44-32-43(52-46(53-44)45(35(3)48)37-12-7-6-8-13-37)38-14-9-11-36(30-38)19-23-54(4)33-56-24-20-39(21-25-56)50-40-15-10-16-41(31-40)51-42-18-17-34(2)49-47(42)58/h6-16,30-32,39,42,50-51H,2,5,17-29,33,48H2,1,3-4H3,(H,49,58)/b45-35-. The molecule has 0 radical (unpaired) electrons. The van der Waals surface area contributed by atoms with E-state index in [4.69, 9.17) is 15.7 Å². The first kappa shape index (κ1) is 40.9. The zero-order valence-electron chi connectivity index (χ0n) is 34.7. The number of allylic oxidation sites excluding steroid dienone is 2. The summed E-state index contributed by atoms with van der Waals surface area (Å²) in [5, 5.41) is 10.0. The molecule has 1 aromatic heterocycles. The molecule has 3 aliphatic rings. The molecule has 3 fully saturated rings. The van der Waals surface area contributed by atoms with E-state index >= 15 is 0 Å². The normalized spacial score (nSPS) is 18.9. The lowest BCUT2D eigenvalue weighted by Crippen LogP contribution is -2.46. The lowest BCUT2D eigenvalue weighted by Gasteiger charge is -2.35. The van der Waals surface area contributed by atoms with Crippen molar-refractivity contribution in [2.24, 2.45) is 5.73 Å². The first-order valence-electron chi connectivity index (χ1n) is 21.2.